The quantitative estimate of drug-likeness (QED) is 0.772. The lowest BCUT2D eigenvalue weighted by Gasteiger charge is -2.07. The zero-order valence-electron chi connectivity index (χ0n) is 11.8. The van der Waals surface area contributed by atoms with Crippen LogP contribution in [0.3, 0.4) is 0 Å². The second-order valence-corrected chi connectivity index (χ2v) is 5.38. The van der Waals surface area contributed by atoms with Crippen LogP contribution < -0.4 is 5.32 Å². The van der Waals surface area contributed by atoms with Gasteiger partial charge in [-0.3, -0.25) is 0 Å². The smallest absolute Gasteiger partial charge is 0.141 e. The van der Waals surface area contributed by atoms with Crippen LogP contribution >= 0.6 is 11.6 Å². The van der Waals surface area contributed by atoms with Crippen LogP contribution in [0.25, 0.3) is 5.69 Å². The third-order valence-electron chi connectivity index (χ3n) is 3.35. The molecule has 0 radical (unpaired) electrons. The molecular weight excluding hydrogens is 301 g/mol. The third-order valence-corrected chi connectivity index (χ3v) is 3.64. The minimum Gasteiger partial charge on any atom is -0.309 e. The summed E-state index contributed by atoms with van der Waals surface area (Å²) in [6, 6.07) is 14.8. The fourth-order valence-corrected chi connectivity index (χ4v) is 2.39. The van der Waals surface area contributed by atoms with Crippen LogP contribution in [-0.4, -0.2) is 9.78 Å². The Labute approximate surface area is 133 Å². The van der Waals surface area contributed by atoms with E-state index in [0.717, 1.165) is 17.8 Å². The highest BCUT2D eigenvalue weighted by Crippen LogP contribution is 2.16. The van der Waals surface area contributed by atoms with Gasteiger partial charge in [0.15, 0.2) is 0 Å². The predicted octanol–water partition coefficient (Wildman–Crippen LogP) is 3.95. The van der Waals surface area contributed by atoms with E-state index in [1.165, 1.54) is 11.6 Å². The lowest BCUT2D eigenvalue weighted by atomic mass is 10.2. The molecule has 0 spiro atoms. The molecule has 3 nitrogen and oxygen atoms in total. The van der Waals surface area contributed by atoms with Gasteiger partial charge in [0.25, 0.3) is 0 Å². The Morgan fingerprint density at radius 1 is 1.05 bits per heavy atom. The minimum absolute atomic E-state index is 0.155. The number of hydrogen-bond acceptors (Lipinski definition) is 2. The summed E-state index contributed by atoms with van der Waals surface area (Å²) in [4.78, 5) is 0. The summed E-state index contributed by atoms with van der Waals surface area (Å²) in [6.07, 6.45) is 3.66. The molecule has 112 valence electrons. The van der Waals surface area contributed by atoms with Gasteiger partial charge in [0.05, 0.1) is 10.7 Å². The van der Waals surface area contributed by atoms with Crippen molar-refractivity contribution in [3.63, 3.8) is 0 Å². The Hall–Kier alpha value is -2.17. The zero-order valence-corrected chi connectivity index (χ0v) is 12.6. The lowest BCUT2D eigenvalue weighted by molar-refractivity contribution is 0.625. The standard InChI is InChI=1S/C17H15ClFN3/c18-16-10-14(4-7-17(16)19)12-20-11-13-2-5-15(6-3-13)22-9-1-8-21-22/h1-10,20H,11-12H2. The molecule has 0 saturated heterocycles. The number of nitrogens with zero attached hydrogens (tertiary/aromatic N) is 2. The van der Waals surface area contributed by atoms with Crippen molar-refractivity contribution in [2.24, 2.45) is 0 Å². The van der Waals surface area contributed by atoms with E-state index in [-0.39, 0.29) is 10.8 Å². The highest BCUT2D eigenvalue weighted by molar-refractivity contribution is 6.30. The van der Waals surface area contributed by atoms with Crippen molar-refractivity contribution < 1.29 is 4.39 Å². The Balaban J connectivity index is 1.56. The van der Waals surface area contributed by atoms with Crippen LogP contribution in [0, 0.1) is 5.82 Å². The van der Waals surface area contributed by atoms with Crippen LogP contribution in [0.15, 0.2) is 60.9 Å². The molecule has 2 aromatic carbocycles. The first-order valence-electron chi connectivity index (χ1n) is 6.96. The van der Waals surface area contributed by atoms with E-state index in [1.54, 1.807) is 18.3 Å². The molecule has 0 aliphatic heterocycles. The van der Waals surface area contributed by atoms with Gasteiger partial charge in [-0.05, 0) is 41.5 Å². The van der Waals surface area contributed by atoms with E-state index in [0.29, 0.717) is 6.54 Å². The number of rotatable bonds is 5. The van der Waals surface area contributed by atoms with Gasteiger partial charge in [0, 0.05) is 25.5 Å². The summed E-state index contributed by atoms with van der Waals surface area (Å²) >= 11 is 5.77. The fourth-order valence-electron chi connectivity index (χ4n) is 2.19. The number of benzene rings is 2. The van der Waals surface area contributed by atoms with E-state index in [2.05, 4.69) is 22.5 Å². The second kappa shape index (κ2) is 6.73. The minimum atomic E-state index is -0.389. The zero-order chi connectivity index (χ0) is 15.4. The highest BCUT2D eigenvalue weighted by atomic mass is 35.5. The summed E-state index contributed by atoms with van der Waals surface area (Å²) in [5.74, 6) is -0.389. The Morgan fingerprint density at radius 3 is 2.45 bits per heavy atom. The number of hydrogen-bond donors (Lipinski definition) is 1. The Kier molecular flexibility index (Phi) is 4.51. The molecule has 3 rings (SSSR count). The molecule has 0 amide bonds. The van der Waals surface area contributed by atoms with Gasteiger partial charge in [-0.25, -0.2) is 9.07 Å². The highest BCUT2D eigenvalue weighted by Gasteiger charge is 2.01. The first kappa shape index (κ1) is 14.8. The molecule has 0 atom stereocenters. The monoisotopic (exact) mass is 315 g/mol. The van der Waals surface area contributed by atoms with E-state index in [4.69, 9.17) is 11.6 Å². The summed E-state index contributed by atoms with van der Waals surface area (Å²) in [5.41, 5.74) is 3.16. The molecular formula is C17H15ClFN3. The summed E-state index contributed by atoms with van der Waals surface area (Å²) < 4.78 is 14.9. The molecule has 0 saturated carbocycles. The molecule has 0 unspecified atom stereocenters. The van der Waals surface area contributed by atoms with Crippen LogP contribution in [0.2, 0.25) is 5.02 Å². The SMILES string of the molecule is Fc1ccc(CNCc2ccc(-n3cccn3)cc2)cc1Cl. The second-order valence-electron chi connectivity index (χ2n) is 4.97. The topological polar surface area (TPSA) is 29.9 Å². The maximum atomic E-state index is 13.1. The van der Waals surface area contributed by atoms with Crippen molar-refractivity contribution in [3.05, 3.63) is 82.9 Å². The van der Waals surface area contributed by atoms with Crippen molar-refractivity contribution in [3.8, 4) is 5.69 Å². The van der Waals surface area contributed by atoms with Gasteiger partial charge in [-0.2, -0.15) is 5.10 Å². The molecule has 22 heavy (non-hydrogen) atoms. The number of halogens is 2. The molecule has 1 N–H and O–H groups in total. The molecule has 1 aromatic heterocycles. The van der Waals surface area contributed by atoms with Gasteiger partial charge >= 0.3 is 0 Å². The van der Waals surface area contributed by atoms with E-state index in [9.17, 15) is 4.39 Å². The van der Waals surface area contributed by atoms with Crippen LogP contribution in [0.4, 0.5) is 4.39 Å². The normalized spacial score (nSPS) is 10.8. The number of aromatic nitrogens is 2. The third kappa shape index (κ3) is 3.53. The average Bonchev–Trinajstić information content (AvgIpc) is 3.06. The Bertz CT molecular complexity index is 739. The maximum Gasteiger partial charge on any atom is 0.141 e. The van der Waals surface area contributed by atoms with Crippen molar-refractivity contribution in [2.75, 3.05) is 0 Å². The Morgan fingerprint density at radius 2 is 1.77 bits per heavy atom. The van der Waals surface area contributed by atoms with Gasteiger partial charge in [0.1, 0.15) is 5.82 Å². The molecule has 0 aliphatic carbocycles. The average molecular weight is 316 g/mol. The molecule has 5 heteroatoms. The van der Waals surface area contributed by atoms with Gasteiger partial charge in [-0.15, -0.1) is 0 Å². The molecule has 3 aromatic rings. The van der Waals surface area contributed by atoms with E-state index < -0.39 is 0 Å². The number of nitrogens with one attached hydrogen (secondary N) is 1. The van der Waals surface area contributed by atoms with Crippen molar-refractivity contribution in [1.82, 2.24) is 15.1 Å². The van der Waals surface area contributed by atoms with Crippen molar-refractivity contribution in [2.45, 2.75) is 13.1 Å². The molecule has 0 fully saturated rings. The van der Waals surface area contributed by atoms with Crippen molar-refractivity contribution >= 4 is 11.6 Å². The molecule has 0 aliphatic rings. The maximum absolute atomic E-state index is 13.1. The van der Waals surface area contributed by atoms with Gasteiger partial charge < -0.3 is 5.32 Å². The van der Waals surface area contributed by atoms with E-state index >= 15 is 0 Å². The lowest BCUT2D eigenvalue weighted by Crippen LogP contribution is -2.12. The first-order valence-corrected chi connectivity index (χ1v) is 7.34. The van der Waals surface area contributed by atoms with Gasteiger partial charge in [-0.1, -0.05) is 29.8 Å². The van der Waals surface area contributed by atoms with Gasteiger partial charge in [0.2, 0.25) is 0 Å². The summed E-state index contributed by atoms with van der Waals surface area (Å²) in [5, 5.41) is 7.66. The fraction of sp³-hybridized carbons (Fsp3) is 0.118. The molecule has 0 bridgehead atoms. The van der Waals surface area contributed by atoms with Crippen LogP contribution in [0.1, 0.15) is 11.1 Å². The van der Waals surface area contributed by atoms with Crippen LogP contribution in [-0.2, 0) is 13.1 Å². The summed E-state index contributed by atoms with van der Waals surface area (Å²) in [6.45, 7) is 1.37. The van der Waals surface area contributed by atoms with E-state index in [1.807, 2.05) is 29.1 Å². The first-order chi connectivity index (χ1) is 10.7. The largest absolute Gasteiger partial charge is 0.309 e. The van der Waals surface area contributed by atoms with Crippen LogP contribution in [0.5, 0.6) is 0 Å². The van der Waals surface area contributed by atoms with Crippen molar-refractivity contribution in [1.29, 1.82) is 0 Å². The summed E-state index contributed by atoms with van der Waals surface area (Å²) in [7, 11) is 0. The predicted molar refractivity (Wildman–Crippen MR) is 85.5 cm³/mol. The molecule has 1 heterocycles.